The molecule has 1 aromatic heterocycles. The van der Waals surface area contributed by atoms with Crippen LogP contribution in [0.5, 0.6) is 0 Å². The Balaban J connectivity index is 1.63. The predicted octanol–water partition coefficient (Wildman–Crippen LogP) is 5.02. The number of aryl methyl sites for hydroxylation is 1. The monoisotopic (exact) mass is 346 g/mol. The van der Waals surface area contributed by atoms with Crippen molar-refractivity contribution in [3.63, 3.8) is 0 Å². The number of hydrogen-bond donors (Lipinski definition) is 1. The van der Waals surface area contributed by atoms with Gasteiger partial charge in [-0.25, -0.2) is 4.98 Å². The Morgan fingerprint density at radius 2 is 1.95 bits per heavy atom. The lowest BCUT2D eigenvalue weighted by Gasteiger charge is -2.04. The summed E-state index contributed by atoms with van der Waals surface area (Å²) in [6.07, 6.45) is 0.949. The zero-order valence-electron chi connectivity index (χ0n) is 11.2. The van der Waals surface area contributed by atoms with E-state index in [0.29, 0.717) is 0 Å². The summed E-state index contributed by atoms with van der Waals surface area (Å²) in [5.74, 6) is 0. The molecular weight excluding hydrogens is 332 g/mol. The van der Waals surface area contributed by atoms with E-state index in [1.54, 1.807) is 11.3 Å². The molecule has 0 saturated heterocycles. The Hall–Kier alpha value is -1.39. The number of thiazole rings is 1. The maximum absolute atomic E-state index is 4.66. The second-order valence-electron chi connectivity index (χ2n) is 4.76. The maximum Gasteiger partial charge on any atom is 0.0956 e. The molecule has 1 heterocycles. The molecule has 0 amide bonds. The van der Waals surface area contributed by atoms with Crippen LogP contribution in [-0.4, -0.2) is 11.5 Å². The number of benzene rings is 2. The van der Waals surface area contributed by atoms with Crippen LogP contribution in [0.4, 0.5) is 5.69 Å². The molecule has 2 nitrogen and oxygen atoms in total. The van der Waals surface area contributed by atoms with E-state index in [4.69, 9.17) is 0 Å². The number of fused-ring (bicyclic) bond motifs is 1. The number of anilines is 1. The minimum Gasteiger partial charge on any atom is -0.385 e. The minimum absolute atomic E-state index is 0.907. The van der Waals surface area contributed by atoms with Crippen LogP contribution in [0.1, 0.15) is 10.6 Å². The van der Waals surface area contributed by atoms with E-state index in [2.05, 4.69) is 69.6 Å². The van der Waals surface area contributed by atoms with Gasteiger partial charge in [-0.05, 0) is 37.3 Å². The fourth-order valence-corrected chi connectivity index (χ4v) is 3.56. The Morgan fingerprint density at radius 1 is 1.15 bits per heavy atom. The number of halogens is 1. The van der Waals surface area contributed by atoms with Crippen LogP contribution < -0.4 is 5.32 Å². The highest BCUT2D eigenvalue weighted by Crippen LogP contribution is 2.25. The SMILES string of the molecule is Cc1ccc(NCCc2nc3ccc(Br)cc3s2)cc1. The van der Waals surface area contributed by atoms with Crippen LogP contribution in [-0.2, 0) is 6.42 Å². The molecule has 1 N–H and O–H groups in total. The van der Waals surface area contributed by atoms with Gasteiger partial charge in [0.25, 0.3) is 0 Å². The Kier molecular flexibility index (Phi) is 4.03. The van der Waals surface area contributed by atoms with Crippen molar-refractivity contribution in [3.05, 3.63) is 57.5 Å². The van der Waals surface area contributed by atoms with E-state index in [1.807, 2.05) is 6.07 Å². The zero-order chi connectivity index (χ0) is 13.9. The Labute approximate surface area is 131 Å². The van der Waals surface area contributed by atoms with Crippen molar-refractivity contribution in [3.8, 4) is 0 Å². The first-order valence-corrected chi connectivity index (χ1v) is 8.17. The van der Waals surface area contributed by atoms with Crippen molar-refractivity contribution in [1.29, 1.82) is 0 Å². The molecule has 3 aromatic rings. The second-order valence-corrected chi connectivity index (χ2v) is 6.79. The second kappa shape index (κ2) is 5.94. The summed E-state index contributed by atoms with van der Waals surface area (Å²) >= 11 is 5.27. The highest BCUT2D eigenvalue weighted by atomic mass is 79.9. The average Bonchev–Trinajstić information content (AvgIpc) is 2.83. The molecule has 0 bridgehead atoms. The van der Waals surface area contributed by atoms with Crippen LogP contribution in [0, 0.1) is 6.92 Å². The van der Waals surface area contributed by atoms with Gasteiger partial charge in [0.15, 0.2) is 0 Å². The predicted molar refractivity (Wildman–Crippen MR) is 90.7 cm³/mol. The lowest BCUT2D eigenvalue weighted by atomic mass is 10.2. The van der Waals surface area contributed by atoms with Gasteiger partial charge in [0.05, 0.1) is 15.2 Å². The molecule has 0 aliphatic rings. The van der Waals surface area contributed by atoms with Crippen LogP contribution in [0.25, 0.3) is 10.2 Å². The van der Waals surface area contributed by atoms with E-state index in [9.17, 15) is 0 Å². The third-order valence-corrected chi connectivity index (χ3v) is 4.69. The van der Waals surface area contributed by atoms with Crippen LogP contribution >= 0.6 is 27.3 Å². The van der Waals surface area contributed by atoms with E-state index < -0.39 is 0 Å². The van der Waals surface area contributed by atoms with Gasteiger partial charge in [0, 0.05) is 23.1 Å². The molecule has 0 radical (unpaired) electrons. The number of hydrogen-bond acceptors (Lipinski definition) is 3. The summed E-state index contributed by atoms with van der Waals surface area (Å²) in [5, 5.41) is 4.61. The van der Waals surface area contributed by atoms with Gasteiger partial charge < -0.3 is 5.32 Å². The van der Waals surface area contributed by atoms with Crippen LogP contribution in [0.2, 0.25) is 0 Å². The molecule has 0 saturated carbocycles. The average molecular weight is 347 g/mol. The summed E-state index contributed by atoms with van der Waals surface area (Å²) in [5.41, 5.74) is 3.54. The lowest BCUT2D eigenvalue weighted by molar-refractivity contribution is 1.00. The number of aromatic nitrogens is 1. The third kappa shape index (κ3) is 3.19. The highest BCUT2D eigenvalue weighted by Gasteiger charge is 2.04. The number of rotatable bonds is 4. The maximum atomic E-state index is 4.66. The standard InChI is InChI=1S/C16H15BrN2S/c1-11-2-5-13(6-3-11)18-9-8-16-19-14-7-4-12(17)10-15(14)20-16/h2-7,10,18H,8-9H2,1H3. The summed E-state index contributed by atoms with van der Waals surface area (Å²) in [6, 6.07) is 14.7. The molecule has 20 heavy (non-hydrogen) atoms. The zero-order valence-corrected chi connectivity index (χ0v) is 13.6. The fraction of sp³-hybridized carbons (Fsp3) is 0.188. The summed E-state index contributed by atoms with van der Waals surface area (Å²) in [4.78, 5) is 4.66. The molecule has 0 spiro atoms. The number of nitrogens with zero attached hydrogens (tertiary/aromatic N) is 1. The molecule has 0 fully saturated rings. The van der Waals surface area contributed by atoms with Crippen molar-refractivity contribution in [2.24, 2.45) is 0 Å². The van der Waals surface area contributed by atoms with Gasteiger partial charge in [-0.2, -0.15) is 0 Å². The number of nitrogens with one attached hydrogen (secondary N) is 1. The van der Waals surface area contributed by atoms with Crippen molar-refractivity contribution < 1.29 is 0 Å². The largest absolute Gasteiger partial charge is 0.385 e. The topological polar surface area (TPSA) is 24.9 Å². The molecule has 0 aliphatic heterocycles. The van der Waals surface area contributed by atoms with Gasteiger partial charge in [-0.3, -0.25) is 0 Å². The van der Waals surface area contributed by atoms with E-state index in [1.165, 1.54) is 21.0 Å². The van der Waals surface area contributed by atoms with Crippen LogP contribution in [0.15, 0.2) is 46.9 Å². The first-order valence-electron chi connectivity index (χ1n) is 6.56. The summed E-state index contributed by atoms with van der Waals surface area (Å²) in [7, 11) is 0. The molecular formula is C16H15BrN2S. The quantitative estimate of drug-likeness (QED) is 0.717. The lowest BCUT2D eigenvalue weighted by Crippen LogP contribution is -2.04. The van der Waals surface area contributed by atoms with Gasteiger partial charge in [0.1, 0.15) is 0 Å². The third-order valence-electron chi connectivity index (χ3n) is 3.11. The molecule has 0 unspecified atom stereocenters. The molecule has 0 atom stereocenters. The van der Waals surface area contributed by atoms with Crippen molar-refractivity contribution >= 4 is 43.2 Å². The summed E-state index contributed by atoms with van der Waals surface area (Å²) in [6.45, 7) is 3.01. The van der Waals surface area contributed by atoms with Crippen molar-refractivity contribution in [2.75, 3.05) is 11.9 Å². The van der Waals surface area contributed by atoms with Crippen molar-refractivity contribution in [2.45, 2.75) is 13.3 Å². The summed E-state index contributed by atoms with van der Waals surface area (Å²) < 4.78 is 2.35. The highest BCUT2D eigenvalue weighted by molar-refractivity contribution is 9.10. The van der Waals surface area contributed by atoms with Crippen LogP contribution in [0.3, 0.4) is 0 Å². The van der Waals surface area contributed by atoms with Gasteiger partial charge in [-0.15, -0.1) is 11.3 Å². The fourth-order valence-electron chi connectivity index (χ4n) is 2.04. The molecule has 2 aromatic carbocycles. The minimum atomic E-state index is 0.907. The van der Waals surface area contributed by atoms with Crippen molar-refractivity contribution in [1.82, 2.24) is 4.98 Å². The normalized spacial score (nSPS) is 10.9. The van der Waals surface area contributed by atoms with E-state index >= 15 is 0 Å². The molecule has 0 aliphatic carbocycles. The smallest absolute Gasteiger partial charge is 0.0956 e. The van der Waals surface area contributed by atoms with Gasteiger partial charge in [-0.1, -0.05) is 33.6 Å². The van der Waals surface area contributed by atoms with E-state index in [0.717, 1.165) is 23.0 Å². The van der Waals surface area contributed by atoms with Gasteiger partial charge >= 0.3 is 0 Å². The first-order chi connectivity index (χ1) is 9.70. The Bertz CT molecular complexity index is 719. The van der Waals surface area contributed by atoms with E-state index in [-0.39, 0.29) is 0 Å². The van der Waals surface area contributed by atoms with Gasteiger partial charge in [0.2, 0.25) is 0 Å². The molecule has 102 valence electrons. The first kappa shape index (κ1) is 13.6. The molecule has 4 heteroatoms. The molecule has 3 rings (SSSR count). The Morgan fingerprint density at radius 3 is 2.75 bits per heavy atom.